The van der Waals surface area contributed by atoms with Crippen LogP contribution in [0.15, 0.2) is 17.2 Å². The Bertz CT molecular complexity index is 466. The first-order valence-electron chi connectivity index (χ1n) is 6.28. The van der Waals surface area contributed by atoms with Crippen molar-refractivity contribution in [3.8, 4) is 5.75 Å². The third-order valence-corrected chi connectivity index (χ3v) is 2.91. The van der Waals surface area contributed by atoms with Gasteiger partial charge in [-0.2, -0.15) is 5.10 Å². The van der Waals surface area contributed by atoms with Crippen molar-refractivity contribution in [1.29, 1.82) is 0 Å². The lowest BCUT2D eigenvalue weighted by molar-refractivity contribution is 0.454. The van der Waals surface area contributed by atoms with Crippen molar-refractivity contribution in [3.05, 3.63) is 28.8 Å². The summed E-state index contributed by atoms with van der Waals surface area (Å²) in [5.74, 6) is 0.869. The average Bonchev–Trinajstić information content (AvgIpc) is 2.29. The molecule has 0 fully saturated rings. The van der Waals surface area contributed by atoms with Crippen LogP contribution in [0.3, 0.4) is 0 Å². The molecule has 0 aromatic heterocycles. The van der Waals surface area contributed by atoms with Crippen LogP contribution >= 0.6 is 12.2 Å². The molecule has 0 radical (unpaired) electrons. The van der Waals surface area contributed by atoms with Gasteiger partial charge in [0.1, 0.15) is 5.75 Å². The Kier molecular flexibility index (Phi) is 5.30. The van der Waals surface area contributed by atoms with Crippen LogP contribution in [0.1, 0.15) is 56.2 Å². The molecule has 5 heteroatoms. The van der Waals surface area contributed by atoms with Crippen LogP contribution < -0.4 is 11.2 Å². The van der Waals surface area contributed by atoms with Crippen LogP contribution in [-0.4, -0.2) is 16.4 Å². The Morgan fingerprint density at radius 3 is 2.11 bits per heavy atom. The SMILES string of the molecule is CC(C)c1cc(/C=N\NC(N)=S)cc(C(C)C)c1O. The molecule has 0 aliphatic heterocycles. The lowest BCUT2D eigenvalue weighted by atomic mass is 9.92. The molecule has 4 nitrogen and oxygen atoms in total. The predicted molar refractivity (Wildman–Crippen MR) is 83.8 cm³/mol. The van der Waals surface area contributed by atoms with E-state index in [9.17, 15) is 5.11 Å². The molecule has 0 spiro atoms. The maximum Gasteiger partial charge on any atom is 0.184 e. The molecule has 1 aromatic carbocycles. The van der Waals surface area contributed by atoms with Gasteiger partial charge in [0.05, 0.1) is 6.21 Å². The van der Waals surface area contributed by atoms with E-state index in [1.54, 1.807) is 6.21 Å². The minimum atomic E-state index is 0.128. The number of rotatable bonds is 4. The first kappa shape index (κ1) is 15.4. The summed E-state index contributed by atoms with van der Waals surface area (Å²) in [6.45, 7) is 8.20. The Morgan fingerprint density at radius 1 is 1.26 bits per heavy atom. The van der Waals surface area contributed by atoms with Gasteiger partial charge in [0.25, 0.3) is 0 Å². The molecule has 0 bridgehead atoms. The van der Waals surface area contributed by atoms with Crippen molar-refractivity contribution < 1.29 is 5.11 Å². The zero-order valence-electron chi connectivity index (χ0n) is 11.8. The number of hydrogen-bond acceptors (Lipinski definition) is 3. The van der Waals surface area contributed by atoms with Gasteiger partial charge in [-0.25, -0.2) is 0 Å². The number of hydrazone groups is 1. The number of thiocarbonyl (C=S) groups is 1. The number of benzene rings is 1. The van der Waals surface area contributed by atoms with Gasteiger partial charge >= 0.3 is 0 Å². The quantitative estimate of drug-likeness (QED) is 0.450. The zero-order chi connectivity index (χ0) is 14.6. The van der Waals surface area contributed by atoms with Crippen molar-refractivity contribution in [2.45, 2.75) is 39.5 Å². The van der Waals surface area contributed by atoms with E-state index in [0.717, 1.165) is 16.7 Å². The fourth-order valence-electron chi connectivity index (χ4n) is 1.83. The average molecular weight is 279 g/mol. The number of phenolic OH excluding ortho intramolecular Hbond substituents is 1. The standard InChI is InChI=1S/C14H21N3OS/c1-8(2)11-5-10(7-16-17-14(15)19)6-12(9(3)4)13(11)18/h5-9,18H,1-4H3,(H3,15,17,19)/b16-7-. The molecular formula is C14H21N3OS. The molecule has 0 atom stereocenters. The van der Waals surface area contributed by atoms with Gasteiger partial charge in [-0.05, 0) is 52.9 Å². The molecule has 0 amide bonds. The fourth-order valence-corrected chi connectivity index (χ4v) is 1.88. The number of nitrogens with one attached hydrogen (secondary N) is 1. The van der Waals surface area contributed by atoms with E-state index in [-0.39, 0.29) is 16.9 Å². The normalized spacial score (nSPS) is 11.5. The molecule has 1 aromatic rings. The summed E-state index contributed by atoms with van der Waals surface area (Å²) in [6.07, 6.45) is 1.65. The largest absolute Gasteiger partial charge is 0.507 e. The summed E-state index contributed by atoms with van der Waals surface area (Å²) in [5.41, 5.74) is 10.6. The van der Waals surface area contributed by atoms with E-state index in [1.807, 2.05) is 39.8 Å². The van der Waals surface area contributed by atoms with E-state index in [0.29, 0.717) is 5.75 Å². The molecule has 4 N–H and O–H groups in total. The third kappa shape index (κ3) is 4.21. The van der Waals surface area contributed by atoms with E-state index < -0.39 is 0 Å². The fraction of sp³-hybridized carbons (Fsp3) is 0.429. The molecule has 0 aliphatic carbocycles. The molecule has 0 saturated heterocycles. The summed E-state index contributed by atoms with van der Waals surface area (Å²) in [7, 11) is 0. The van der Waals surface area contributed by atoms with E-state index in [2.05, 4.69) is 22.7 Å². The lowest BCUT2D eigenvalue weighted by Crippen LogP contribution is -2.24. The highest BCUT2D eigenvalue weighted by molar-refractivity contribution is 7.80. The van der Waals surface area contributed by atoms with Crippen molar-refractivity contribution >= 4 is 23.5 Å². The van der Waals surface area contributed by atoms with Crippen LogP contribution in [0.4, 0.5) is 0 Å². The Morgan fingerprint density at radius 2 is 1.74 bits per heavy atom. The van der Waals surface area contributed by atoms with Crippen molar-refractivity contribution in [2.75, 3.05) is 0 Å². The molecule has 0 aliphatic rings. The number of phenols is 1. The van der Waals surface area contributed by atoms with Gasteiger partial charge in [-0.3, -0.25) is 5.43 Å². The summed E-state index contributed by atoms with van der Waals surface area (Å²) < 4.78 is 0. The van der Waals surface area contributed by atoms with Crippen LogP contribution in [0, 0.1) is 0 Å². The third-order valence-electron chi connectivity index (χ3n) is 2.82. The molecule has 0 saturated carbocycles. The summed E-state index contributed by atoms with van der Waals surface area (Å²) in [4.78, 5) is 0. The number of nitrogens with two attached hydrogens (primary N) is 1. The highest BCUT2D eigenvalue weighted by atomic mass is 32.1. The summed E-state index contributed by atoms with van der Waals surface area (Å²) >= 11 is 4.68. The molecule has 104 valence electrons. The summed E-state index contributed by atoms with van der Waals surface area (Å²) in [6, 6.07) is 3.85. The number of nitrogens with zero attached hydrogens (tertiary/aromatic N) is 1. The second-order valence-electron chi connectivity index (χ2n) is 5.09. The maximum absolute atomic E-state index is 10.3. The van der Waals surface area contributed by atoms with Gasteiger partial charge < -0.3 is 10.8 Å². The molecule has 0 unspecified atom stereocenters. The first-order valence-corrected chi connectivity index (χ1v) is 6.69. The van der Waals surface area contributed by atoms with E-state index in [4.69, 9.17) is 5.73 Å². The van der Waals surface area contributed by atoms with Gasteiger partial charge in [-0.1, -0.05) is 27.7 Å². The van der Waals surface area contributed by atoms with Gasteiger partial charge in [0.15, 0.2) is 5.11 Å². The topological polar surface area (TPSA) is 70.6 Å². The van der Waals surface area contributed by atoms with Crippen LogP contribution in [-0.2, 0) is 0 Å². The highest BCUT2D eigenvalue weighted by Crippen LogP contribution is 2.34. The minimum Gasteiger partial charge on any atom is -0.507 e. The Hall–Kier alpha value is -1.62. The van der Waals surface area contributed by atoms with E-state index >= 15 is 0 Å². The molecule has 19 heavy (non-hydrogen) atoms. The lowest BCUT2D eigenvalue weighted by Gasteiger charge is -2.16. The van der Waals surface area contributed by atoms with Crippen LogP contribution in [0.25, 0.3) is 0 Å². The Labute approximate surface area is 119 Å². The number of aromatic hydroxyl groups is 1. The van der Waals surface area contributed by atoms with Crippen molar-refractivity contribution in [1.82, 2.24) is 5.43 Å². The summed E-state index contributed by atoms with van der Waals surface area (Å²) in [5, 5.41) is 14.3. The zero-order valence-corrected chi connectivity index (χ0v) is 12.6. The smallest absolute Gasteiger partial charge is 0.184 e. The second-order valence-corrected chi connectivity index (χ2v) is 5.53. The van der Waals surface area contributed by atoms with Crippen molar-refractivity contribution in [3.63, 3.8) is 0 Å². The van der Waals surface area contributed by atoms with Crippen LogP contribution in [0.5, 0.6) is 5.75 Å². The molecule has 1 rings (SSSR count). The van der Waals surface area contributed by atoms with Gasteiger partial charge in [-0.15, -0.1) is 0 Å². The van der Waals surface area contributed by atoms with Gasteiger partial charge in [0.2, 0.25) is 0 Å². The highest BCUT2D eigenvalue weighted by Gasteiger charge is 2.14. The molecular weight excluding hydrogens is 258 g/mol. The van der Waals surface area contributed by atoms with Crippen molar-refractivity contribution in [2.24, 2.45) is 10.8 Å². The number of hydrogen-bond donors (Lipinski definition) is 3. The van der Waals surface area contributed by atoms with Crippen LogP contribution in [0.2, 0.25) is 0 Å². The minimum absolute atomic E-state index is 0.128. The van der Waals surface area contributed by atoms with E-state index in [1.165, 1.54) is 0 Å². The van der Waals surface area contributed by atoms with Gasteiger partial charge in [0, 0.05) is 0 Å². The maximum atomic E-state index is 10.3. The second kappa shape index (κ2) is 6.52. The first-order chi connectivity index (χ1) is 8.82. The Balaban J connectivity index is 3.19. The molecule has 0 heterocycles. The predicted octanol–water partition coefficient (Wildman–Crippen LogP) is 2.81. The monoisotopic (exact) mass is 279 g/mol.